The minimum absolute atomic E-state index is 0.980. The molecule has 0 aromatic rings. The average molecular weight is 189 g/mol. The van der Waals surface area contributed by atoms with Crippen molar-refractivity contribution >= 4 is 0 Å². The third kappa shape index (κ3) is 6.58. The van der Waals surface area contributed by atoms with Crippen LogP contribution >= 0.6 is 0 Å². The van der Waals surface area contributed by atoms with E-state index < -0.39 is 0 Å². The van der Waals surface area contributed by atoms with E-state index in [0.717, 1.165) is 38.8 Å². The first-order valence-electron chi connectivity index (χ1n) is 5.62. The molecule has 1 heterocycles. The van der Waals surface area contributed by atoms with Crippen molar-refractivity contribution in [1.82, 2.24) is 5.32 Å². The second-order valence-corrected chi connectivity index (χ2v) is 3.52. The van der Waals surface area contributed by atoms with E-state index in [-0.39, 0.29) is 0 Å². The number of hydrogen-bond acceptors (Lipinski definition) is 1. The van der Waals surface area contributed by atoms with Crippen LogP contribution in [0.5, 0.6) is 0 Å². The lowest BCUT2D eigenvalue weighted by Crippen LogP contribution is -2.15. The van der Waals surface area contributed by atoms with Crippen molar-refractivity contribution in [2.75, 3.05) is 13.1 Å². The molecule has 0 unspecified atom stereocenters. The standard InChI is InChI=1S/C13H19N/c1-2-4-6-8-10-12-14-13-11-9-7-5-3-1/h14H,1-5,10-13H2. The van der Waals surface area contributed by atoms with Crippen molar-refractivity contribution in [1.29, 1.82) is 0 Å². The molecule has 1 heteroatoms. The molecule has 76 valence electrons. The van der Waals surface area contributed by atoms with Gasteiger partial charge in [0.2, 0.25) is 0 Å². The lowest BCUT2D eigenvalue weighted by molar-refractivity contribution is 0.697. The summed E-state index contributed by atoms with van der Waals surface area (Å²) < 4.78 is 0. The van der Waals surface area contributed by atoms with E-state index in [4.69, 9.17) is 0 Å². The smallest absolute Gasteiger partial charge is 0.0214 e. The predicted molar refractivity (Wildman–Crippen MR) is 60.7 cm³/mol. The van der Waals surface area contributed by atoms with Crippen LogP contribution in [0.25, 0.3) is 0 Å². The van der Waals surface area contributed by atoms with Gasteiger partial charge < -0.3 is 5.32 Å². The van der Waals surface area contributed by atoms with Crippen LogP contribution in [-0.2, 0) is 0 Å². The first-order chi connectivity index (χ1) is 7.00. The zero-order valence-electron chi connectivity index (χ0n) is 8.86. The van der Waals surface area contributed by atoms with Gasteiger partial charge in [0.05, 0.1) is 0 Å². The van der Waals surface area contributed by atoms with Crippen LogP contribution < -0.4 is 5.32 Å². The summed E-state index contributed by atoms with van der Waals surface area (Å²) >= 11 is 0. The van der Waals surface area contributed by atoms with E-state index in [1.807, 2.05) is 0 Å². The second kappa shape index (κ2) is 8.67. The third-order valence-electron chi connectivity index (χ3n) is 2.21. The Morgan fingerprint density at radius 3 is 1.64 bits per heavy atom. The lowest BCUT2D eigenvalue weighted by atomic mass is 10.1. The SMILES string of the molecule is C1#CCCNCCC#CCCCCC1. The summed E-state index contributed by atoms with van der Waals surface area (Å²) in [6.45, 7) is 2.02. The van der Waals surface area contributed by atoms with Gasteiger partial charge in [0.25, 0.3) is 0 Å². The van der Waals surface area contributed by atoms with Gasteiger partial charge in [0.1, 0.15) is 0 Å². The van der Waals surface area contributed by atoms with Gasteiger partial charge >= 0.3 is 0 Å². The van der Waals surface area contributed by atoms with Crippen LogP contribution in [0.2, 0.25) is 0 Å². The van der Waals surface area contributed by atoms with Crippen LogP contribution in [0.4, 0.5) is 0 Å². The molecule has 0 bridgehead atoms. The van der Waals surface area contributed by atoms with E-state index in [2.05, 4.69) is 29.0 Å². The summed E-state index contributed by atoms with van der Waals surface area (Å²) in [5, 5.41) is 3.33. The summed E-state index contributed by atoms with van der Waals surface area (Å²) in [5.74, 6) is 12.8. The van der Waals surface area contributed by atoms with Gasteiger partial charge in [-0.25, -0.2) is 0 Å². The first kappa shape index (κ1) is 11.2. The molecule has 0 amide bonds. The van der Waals surface area contributed by atoms with Crippen molar-refractivity contribution in [3.8, 4) is 23.7 Å². The molecule has 1 aliphatic heterocycles. The first-order valence-corrected chi connectivity index (χ1v) is 5.62. The average Bonchev–Trinajstić information content (AvgIpc) is 2.22. The highest BCUT2D eigenvalue weighted by molar-refractivity contribution is 5.01. The maximum Gasteiger partial charge on any atom is 0.0214 e. The minimum Gasteiger partial charge on any atom is -0.315 e. The van der Waals surface area contributed by atoms with Gasteiger partial charge in [0.15, 0.2) is 0 Å². The highest BCUT2D eigenvalue weighted by atomic mass is 14.8. The Morgan fingerprint density at radius 2 is 1.07 bits per heavy atom. The lowest BCUT2D eigenvalue weighted by Gasteiger charge is -1.97. The van der Waals surface area contributed by atoms with E-state index in [1.54, 1.807) is 0 Å². The number of hydrogen-bond donors (Lipinski definition) is 1. The largest absolute Gasteiger partial charge is 0.315 e. The van der Waals surface area contributed by atoms with Crippen molar-refractivity contribution < 1.29 is 0 Å². The van der Waals surface area contributed by atoms with E-state index >= 15 is 0 Å². The molecule has 0 fully saturated rings. The fourth-order valence-electron chi connectivity index (χ4n) is 1.38. The van der Waals surface area contributed by atoms with Gasteiger partial charge in [-0.2, -0.15) is 0 Å². The molecule has 0 spiro atoms. The summed E-state index contributed by atoms with van der Waals surface area (Å²) in [6.07, 6.45) is 7.84. The molecule has 1 nitrogen and oxygen atoms in total. The molecule has 0 aromatic carbocycles. The summed E-state index contributed by atoms with van der Waals surface area (Å²) in [6, 6.07) is 0. The third-order valence-corrected chi connectivity index (χ3v) is 2.21. The molecule has 1 aliphatic rings. The molecular formula is C13H19N. The fourth-order valence-corrected chi connectivity index (χ4v) is 1.38. The Hall–Kier alpha value is -0.920. The van der Waals surface area contributed by atoms with Gasteiger partial charge in [-0.15, -0.1) is 23.7 Å². The Kier molecular flexibility index (Phi) is 6.91. The molecule has 0 saturated carbocycles. The van der Waals surface area contributed by atoms with Gasteiger partial charge in [0, 0.05) is 38.8 Å². The van der Waals surface area contributed by atoms with Crippen molar-refractivity contribution in [2.24, 2.45) is 0 Å². The highest BCUT2D eigenvalue weighted by Crippen LogP contribution is 2.01. The maximum absolute atomic E-state index is 3.33. The molecule has 14 heavy (non-hydrogen) atoms. The predicted octanol–water partition coefficient (Wildman–Crippen LogP) is 2.33. The van der Waals surface area contributed by atoms with Crippen molar-refractivity contribution in [3.63, 3.8) is 0 Å². The Labute approximate surface area is 87.7 Å². The summed E-state index contributed by atoms with van der Waals surface area (Å²) in [4.78, 5) is 0. The van der Waals surface area contributed by atoms with Crippen molar-refractivity contribution in [2.45, 2.75) is 44.9 Å². The zero-order chi connectivity index (χ0) is 9.90. The van der Waals surface area contributed by atoms with Crippen LogP contribution in [0, 0.1) is 23.7 Å². The molecule has 0 saturated heterocycles. The molecular weight excluding hydrogens is 170 g/mol. The van der Waals surface area contributed by atoms with E-state index in [9.17, 15) is 0 Å². The summed E-state index contributed by atoms with van der Waals surface area (Å²) in [5.41, 5.74) is 0. The van der Waals surface area contributed by atoms with Crippen LogP contribution in [0.1, 0.15) is 44.9 Å². The molecule has 0 atom stereocenters. The Bertz CT molecular complexity index is 198. The van der Waals surface area contributed by atoms with Gasteiger partial charge in [-0.3, -0.25) is 0 Å². The second-order valence-electron chi connectivity index (χ2n) is 3.52. The molecule has 0 aromatic heterocycles. The summed E-state index contributed by atoms with van der Waals surface area (Å²) in [7, 11) is 0. The molecule has 0 aliphatic carbocycles. The Morgan fingerprint density at radius 1 is 0.571 bits per heavy atom. The topological polar surface area (TPSA) is 12.0 Å². The molecule has 0 radical (unpaired) electrons. The van der Waals surface area contributed by atoms with Crippen LogP contribution in [0.15, 0.2) is 0 Å². The zero-order valence-corrected chi connectivity index (χ0v) is 8.86. The van der Waals surface area contributed by atoms with Crippen molar-refractivity contribution in [3.05, 3.63) is 0 Å². The van der Waals surface area contributed by atoms with Gasteiger partial charge in [-0.05, 0) is 12.8 Å². The van der Waals surface area contributed by atoms with Gasteiger partial charge in [-0.1, -0.05) is 6.42 Å². The Balaban J connectivity index is 2.21. The number of nitrogens with one attached hydrogen (secondary N) is 1. The minimum atomic E-state index is 0.980. The number of rotatable bonds is 0. The van der Waals surface area contributed by atoms with E-state index in [0.29, 0.717) is 0 Å². The quantitative estimate of drug-likeness (QED) is 0.577. The molecule has 1 N–H and O–H groups in total. The highest BCUT2D eigenvalue weighted by Gasteiger charge is 1.87. The van der Waals surface area contributed by atoms with E-state index in [1.165, 1.54) is 19.3 Å². The maximum atomic E-state index is 3.33. The monoisotopic (exact) mass is 189 g/mol. The van der Waals surface area contributed by atoms with Crippen LogP contribution in [0.3, 0.4) is 0 Å². The molecule has 1 rings (SSSR count). The fraction of sp³-hybridized carbons (Fsp3) is 0.692. The van der Waals surface area contributed by atoms with Crippen LogP contribution in [-0.4, -0.2) is 13.1 Å². The normalized spacial score (nSPS) is 19.4.